The van der Waals surface area contributed by atoms with Crippen molar-refractivity contribution in [3.63, 3.8) is 0 Å². The predicted octanol–water partition coefficient (Wildman–Crippen LogP) is 6.45. The van der Waals surface area contributed by atoms with Crippen LogP contribution in [0.2, 0.25) is 5.02 Å². The molecule has 0 aliphatic rings. The highest BCUT2D eigenvalue weighted by atomic mass is 35.5. The second-order valence-corrected chi connectivity index (χ2v) is 8.63. The number of halogens is 1. The van der Waals surface area contributed by atoms with Crippen LogP contribution in [0.5, 0.6) is 17.2 Å². The molecule has 10 heteroatoms. The van der Waals surface area contributed by atoms with Gasteiger partial charge in [0.15, 0.2) is 12.4 Å². The number of hydrogen-bond donors (Lipinski definition) is 1. The van der Waals surface area contributed by atoms with Gasteiger partial charge < -0.3 is 14.8 Å². The van der Waals surface area contributed by atoms with Gasteiger partial charge in [-0.15, -0.1) is 0 Å². The van der Waals surface area contributed by atoms with Crippen LogP contribution in [0.1, 0.15) is 27.2 Å². The zero-order valence-corrected chi connectivity index (χ0v) is 20.6. The highest BCUT2D eigenvalue weighted by molar-refractivity contribution is 6.31. The summed E-state index contributed by atoms with van der Waals surface area (Å²) in [6.45, 7) is 5.90. The minimum Gasteiger partial charge on any atom is -0.471 e. The zero-order chi connectivity index (χ0) is 25.8. The van der Waals surface area contributed by atoms with Crippen LogP contribution in [0.15, 0.2) is 66.9 Å². The largest absolute Gasteiger partial charge is 0.471 e. The van der Waals surface area contributed by atoms with Gasteiger partial charge in [0.2, 0.25) is 0 Å². The number of nitrogens with zero attached hydrogens (tertiary/aromatic N) is 3. The Morgan fingerprint density at radius 1 is 1.03 bits per heavy atom. The Balaban J connectivity index is 1.47. The first-order valence-electron chi connectivity index (χ1n) is 11.0. The SMILES string of the molecule is Cc1ccc(OCn2ccc(C(=O)Nc3cc(Oc4ccc(Cl)c(C)c4)cc([N+](=O)[O-])c3)n2)c(C)c1. The molecule has 4 aromatic rings. The zero-order valence-electron chi connectivity index (χ0n) is 19.8. The van der Waals surface area contributed by atoms with Crippen molar-refractivity contribution in [2.75, 3.05) is 5.32 Å². The number of anilines is 1. The van der Waals surface area contributed by atoms with Crippen LogP contribution in [0, 0.1) is 30.9 Å². The smallest absolute Gasteiger partial charge is 0.276 e. The molecule has 0 aliphatic carbocycles. The van der Waals surface area contributed by atoms with Gasteiger partial charge in [0, 0.05) is 23.4 Å². The van der Waals surface area contributed by atoms with Gasteiger partial charge in [0.05, 0.1) is 16.7 Å². The second-order valence-electron chi connectivity index (χ2n) is 8.22. The molecule has 0 unspecified atom stereocenters. The highest BCUT2D eigenvalue weighted by Gasteiger charge is 2.16. The van der Waals surface area contributed by atoms with E-state index < -0.39 is 10.8 Å². The van der Waals surface area contributed by atoms with Gasteiger partial charge in [0.25, 0.3) is 11.6 Å². The fraction of sp³-hybridized carbons (Fsp3) is 0.154. The maximum atomic E-state index is 12.8. The lowest BCUT2D eigenvalue weighted by molar-refractivity contribution is -0.384. The van der Waals surface area contributed by atoms with Crippen molar-refractivity contribution >= 4 is 28.9 Å². The van der Waals surface area contributed by atoms with Gasteiger partial charge in [-0.3, -0.25) is 14.9 Å². The van der Waals surface area contributed by atoms with E-state index in [-0.39, 0.29) is 29.5 Å². The van der Waals surface area contributed by atoms with E-state index in [1.54, 1.807) is 24.4 Å². The molecule has 4 rings (SSSR count). The monoisotopic (exact) mass is 506 g/mol. The molecule has 36 heavy (non-hydrogen) atoms. The van der Waals surface area contributed by atoms with E-state index in [4.69, 9.17) is 21.1 Å². The van der Waals surface area contributed by atoms with E-state index in [0.717, 1.165) is 22.4 Å². The summed E-state index contributed by atoms with van der Waals surface area (Å²) in [5.41, 5.74) is 3.01. The molecular weight excluding hydrogens is 484 g/mol. The van der Waals surface area contributed by atoms with Gasteiger partial charge in [-0.2, -0.15) is 5.10 Å². The topological polar surface area (TPSA) is 109 Å². The molecular formula is C26H23ClN4O5. The average molecular weight is 507 g/mol. The van der Waals surface area contributed by atoms with Gasteiger partial charge >= 0.3 is 0 Å². The predicted molar refractivity (Wildman–Crippen MR) is 136 cm³/mol. The van der Waals surface area contributed by atoms with E-state index in [1.165, 1.54) is 28.9 Å². The van der Waals surface area contributed by atoms with Crippen LogP contribution in [0.25, 0.3) is 0 Å². The first-order valence-corrected chi connectivity index (χ1v) is 11.3. The fourth-order valence-corrected chi connectivity index (χ4v) is 3.60. The van der Waals surface area contributed by atoms with Crippen molar-refractivity contribution < 1.29 is 19.2 Å². The molecule has 3 aromatic carbocycles. The molecule has 0 fully saturated rings. The number of benzene rings is 3. The number of hydrogen-bond acceptors (Lipinski definition) is 6. The van der Waals surface area contributed by atoms with E-state index in [2.05, 4.69) is 10.4 Å². The summed E-state index contributed by atoms with van der Waals surface area (Å²) in [5, 5.41) is 18.9. The molecule has 0 radical (unpaired) electrons. The molecule has 1 amide bonds. The van der Waals surface area contributed by atoms with Gasteiger partial charge in [-0.05, 0) is 62.2 Å². The third-order valence-corrected chi connectivity index (χ3v) is 5.71. The quantitative estimate of drug-likeness (QED) is 0.217. The van der Waals surface area contributed by atoms with Crippen molar-refractivity contribution in [3.05, 3.63) is 104 Å². The summed E-state index contributed by atoms with van der Waals surface area (Å²) in [6, 6.07) is 16.4. The summed E-state index contributed by atoms with van der Waals surface area (Å²) in [6.07, 6.45) is 1.61. The maximum Gasteiger partial charge on any atom is 0.276 e. The lowest BCUT2D eigenvalue weighted by Gasteiger charge is -2.10. The standard InChI is InChI=1S/C26H23ClN4O5/c1-16-4-7-25(18(3)10-16)35-15-30-9-8-24(29-30)26(32)28-19-12-20(31(33)34)14-22(13-19)36-21-5-6-23(27)17(2)11-21/h4-14H,15H2,1-3H3,(H,28,32). The van der Waals surface area contributed by atoms with Crippen molar-refractivity contribution in [2.24, 2.45) is 0 Å². The number of nitro benzene ring substituents is 1. The Kier molecular flexibility index (Phi) is 7.21. The number of aryl methyl sites for hydroxylation is 3. The average Bonchev–Trinajstić information content (AvgIpc) is 3.30. The number of carbonyl (C=O) groups excluding carboxylic acids is 1. The molecule has 0 bridgehead atoms. The number of rotatable bonds is 8. The van der Waals surface area contributed by atoms with E-state index in [0.29, 0.717) is 10.8 Å². The lowest BCUT2D eigenvalue weighted by atomic mass is 10.1. The number of carbonyl (C=O) groups is 1. The number of aromatic nitrogens is 2. The number of nitro groups is 1. The first kappa shape index (κ1) is 24.7. The van der Waals surface area contributed by atoms with E-state index in [9.17, 15) is 14.9 Å². The minimum atomic E-state index is -0.561. The molecule has 184 valence electrons. The maximum absolute atomic E-state index is 12.8. The number of non-ortho nitro benzene ring substituents is 1. The minimum absolute atomic E-state index is 0.118. The van der Waals surface area contributed by atoms with E-state index >= 15 is 0 Å². The van der Waals surface area contributed by atoms with Crippen LogP contribution in [-0.2, 0) is 6.73 Å². The van der Waals surface area contributed by atoms with Crippen molar-refractivity contribution in [3.8, 4) is 17.2 Å². The Bertz CT molecular complexity index is 1450. The highest BCUT2D eigenvalue weighted by Crippen LogP contribution is 2.31. The lowest BCUT2D eigenvalue weighted by Crippen LogP contribution is -2.14. The van der Waals surface area contributed by atoms with Crippen LogP contribution in [-0.4, -0.2) is 20.6 Å². The van der Waals surface area contributed by atoms with Crippen LogP contribution in [0.4, 0.5) is 11.4 Å². The summed E-state index contributed by atoms with van der Waals surface area (Å²) < 4.78 is 13.1. The van der Waals surface area contributed by atoms with Crippen LogP contribution in [0.3, 0.4) is 0 Å². The van der Waals surface area contributed by atoms with Gasteiger partial charge in [-0.25, -0.2) is 4.68 Å². The molecule has 0 atom stereocenters. The van der Waals surface area contributed by atoms with Crippen LogP contribution < -0.4 is 14.8 Å². The molecule has 1 heterocycles. The molecule has 1 aromatic heterocycles. The summed E-state index contributed by atoms with van der Waals surface area (Å²) in [4.78, 5) is 23.6. The Labute approximate surface area is 212 Å². The Morgan fingerprint density at radius 2 is 1.83 bits per heavy atom. The van der Waals surface area contributed by atoms with Crippen molar-refractivity contribution in [1.82, 2.24) is 9.78 Å². The van der Waals surface area contributed by atoms with E-state index in [1.807, 2.05) is 39.0 Å². The Morgan fingerprint density at radius 3 is 2.56 bits per heavy atom. The molecule has 0 saturated heterocycles. The van der Waals surface area contributed by atoms with Gasteiger partial charge in [-0.1, -0.05) is 29.3 Å². The summed E-state index contributed by atoms with van der Waals surface area (Å²) in [5.74, 6) is 0.835. The fourth-order valence-electron chi connectivity index (χ4n) is 3.48. The Hall–Kier alpha value is -4.37. The van der Waals surface area contributed by atoms with Crippen LogP contribution >= 0.6 is 11.6 Å². The van der Waals surface area contributed by atoms with Crippen molar-refractivity contribution in [1.29, 1.82) is 0 Å². The number of amides is 1. The van der Waals surface area contributed by atoms with Crippen molar-refractivity contribution in [2.45, 2.75) is 27.5 Å². The summed E-state index contributed by atoms with van der Waals surface area (Å²) in [7, 11) is 0. The molecule has 9 nitrogen and oxygen atoms in total. The second kappa shape index (κ2) is 10.5. The molecule has 1 N–H and O–H groups in total. The first-order chi connectivity index (χ1) is 17.2. The number of ether oxygens (including phenoxy) is 2. The third kappa shape index (κ3) is 6.00. The molecule has 0 spiro atoms. The summed E-state index contributed by atoms with van der Waals surface area (Å²) >= 11 is 6.05. The normalized spacial score (nSPS) is 10.7. The number of nitrogens with one attached hydrogen (secondary N) is 1. The molecule has 0 aliphatic heterocycles. The molecule has 0 saturated carbocycles. The van der Waals surface area contributed by atoms with Gasteiger partial charge in [0.1, 0.15) is 17.2 Å². The third-order valence-electron chi connectivity index (χ3n) is 5.28.